The largest absolute Gasteiger partial charge is 0.472 e. The fraction of sp³-hybridized carbons (Fsp3) is 0.897. The van der Waals surface area contributed by atoms with E-state index in [1.807, 2.05) is 27.2 Å². The number of phosphoric ester groups is 1. The zero-order valence-corrected chi connectivity index (χ0v) is 53.1. The van der Waals surface area contributed by atoms with Gasteiger partial charge < -0.3 is 19.8 Å². The maximum Gasteiger partial charge on any atom is 0.472 e. The zero-order valence-electron chi connectivity index (χ0n) is 52.2. The SMILES string of the molecule is CCCCCCCCCCCCCC/C=C\CCCCCCCCCCCCCCCCCC(=O)NC(COP(=O)(O)OCC[N+](C)(C)C)C(O)/C=C/CC/C=C/CCCCCCCCCCCCCCCCCCCC. The number of phosphoric acid groups is 1. The lowest BCUT2D eigenvalue weighted by Crippen LogP contribution is -2.45. The number of carbonyl (C=O) groups excluding carboxylic acids is 1. The predicted octanol–water partition coefficient (Wildman–Crippen LogP) is 21.3. The Morgan fingerprint density at radius 3 is 1.04 bits per heavy atom. The normalized spacial score (nSPS) is 13.9. The molecule has 3 N–H and O–H groups in total. The number of unbranched alkanes of at least 4 members (excludes halogenated alkanes) is 46. The number of aliphatic hydroxyl groups is 1. The fourth-order valence-electron chi connectivity index (χ4n) is 10.3. The third-order valence-corrected chi connectivity index (χ3v) is 16.6. The zero-order chi connectivity index (χ0) is 56.3. The second-order valence-corrected chi connectivity index (χ2v) is 26.0. The first kappa shape index (κ1) is 75.7. The van der Waals surface area contributed by atoms with Crippen molar-refractivity contribution in [1.82, 2.24) is 5.32 Å². The molecule has 0 aliphatic rings. The lowest BCUT2D eigenvalue weighted by molar-refractivity contribution is -0.870. The smallest absolute Gasteiger partial charge is 0.387 e. The summed E-state index contributed by atoms with van der Waals surface area (Å²) in [5.74, 6) is -0.181. The number of nitrogens with one attached hydrogen (secondary N) is 1. The summed E-state index contributed by atoms with van der Waals surface area (Å²) in [4.78, 5) is 23.4. The van der Waals surface area contributed by atoms with Gasteiger partial charge in [-0.3, -0.25) is 13.8 Å². The molecule has 3 atom stereocenters. The van der Waals surface area contributed by atoms with Gasteiger partial charge in [-0.2, -0.15) is 0 Å². The Bertz CT molecular complexity index is 1350. The molecule has 1 amide bonds. The summed E-state index contributed by atoms with van der Waals surface area (Å²) in [6, 6.07) is -0.864. The molecule has 77 heavy (non-hydrogen) atoms. The summed E-state index contributed by atoms with van der Waals surface area (Å²) in [6.45, 7) is 4.85. The van der Waals surface area contributed by atoms with Crippen LogP contribution in [0, 0.1) is 0 Å². The van der Waals surface area contributed by atoms with Gasteiger partial charge in [0.15, 0.2) is 0 Å². The van der Waals surface area contributed by atoms with E-state index in [4.69, 9.17) is 9.05 Å². The van der Waals surface area contributed by atoms with E-state index in [0.717, 1.165) is 38.5 Å². The molecule has 3 unspecified atom stereocenters. The molecule has 0 aliphatic heterocycles. The van der Waals surface area contributed by atoms with E-state index in [1.54, 1.807) is 6.08 Å². The highest BCUT2D eigenvalue weighted by Crippen LogP contribution is 2.43. The second kappa shape index (κ2) is 59.3. The van der Waals surface area contributed by atoms with Gasteiger partial charge in [-0.05, 0) is 57.8 Å². The minimum atomic E-state index is -4.36. The van der Waals surface area contributed by atoms with Gasteiger partial charge in [0.2, 0.25) is 5.91 Å². The number of amides is 1. The van der Waals surface area contributed by atoms with E-state index in [2.05, 4.69) is 43.5 Å². The molecule has 8 nitrogen and oxygen atoms in total. The van der Waals surface area contributed by atoms with Crippen LogP contribution in [0.25, 0.3) is 0 Å². The molecule has 0 heterocycles. The second-order valence-electron chi connectivity index (χ2n) is 24.5. The van der Waals surface area contributed by atoms with Crippen LogP contribution in [-0.4, -0.2) is 73.4 Å². The molecule has 456 valence electrons. The van der Waals surface area contributed by atoms with E-state index in [9.17, 15) is 19.4 Å². The molecule has 0 bridgehead atoms. The Labute approximate surface area is 480 Å². The number of likely N-dealkylation sites (N-methyl/N-ethyl adjacent to an activating group) is 1. The number of carbonyl (C=O) groups is 1. The first-order valence-corrected chi connectivity index (χ1v) is 35.4. The van der Waals surface area contributed by atoms with E-state index < -0.39 is 20.0 Å². The number of quaternary nitrogens is 1. The van der Waals surface area contributed by atoms with Crippen molar-refractivity contribution in [3.8, 4) is 0 Å². The van der Waals surface area contributed by atoms with Gasteiger partial charge in [0.05, 0.1) is 39.9 Å². The molecule has 0 aromatic carbocycles. The van der Waals surface area contributed by atoms with Gasteiger partial charge in [0.1, 0.15) is 13.2 Å². The highest BCUT2D eigenvalue weighted by Gasteiger charge is 2.28. The van der Waals surface area contributed by atoms with Crippen LogP contribution >= 0.6 is 7.82 Å². The molecule has 0 radical (unpaired) electrons. The number of nitrogens with zero attached hydrogens (tertiary/aromatic N) is 1. The number of hydrogen-bond donors (Lipinski definition) is 3. The highest BCUT2D eigenvalue weighted by molar-refractivity contribution is 7.47. The number of aliphatic hydroxyl groups excluding tert-OH is 1. The van der Waals surface area contributed by atoms with Crippen LogP contribution in [-0.2, 0) is 18.4 Å². The van der Waals surface area contributed by atoms with Gasteiger partial charge >= 0.3 is 7.82 Å². The van der Waals surface area contributed by atoms with Crippen molar-refractivity contribution in [2.75, 3.05) is 40.9 Å². The van der Waals surface area contributed by atoms with Crippen LogP contribution in [0.3, 0.4) is 0 Å². The van der Waals surface area contributed by atoms with E-state index in [0.29, 0.717) is 17.4 Å². The van der Waals surface area contributed by atoms with Crippen LogP contribution in [0.1, 0.15) is 341 Å². The first-order valence-electron chi connectivity index (χ1n) is 33.9. The van der Waals surface area contributed by atoms with E-state index in [-0.39, 0.29) is 19.1 Å². The van der Waals surface area contributed by atoms with Crippen molar-refractivity contribution in [3.63, 3.8) is 0 Å². The summed E-state index contributed by atoms with van der Waals surface area (Å²) in [7, 11) is 1.57. The summed E-state index contributed by atoms with van der Waals surface area (Å²) >= 11 is 0. The molecule has 0 aromatic rings. The molecular formula is C68H134N2O6P+. The molecule has 0 aromatic heterocycles. The molecule has 0 rings (SSSR count). The third-order valence-electron chi connectivity index (χ3n) is 15.6. The summed E-state index contributed by atoms with van der Waals surface area (Å²) < 4.78 is 23.8. The number of hydrogen-bond acceptors (Lipinski definition) is 5. The van der Waals surface area contributed by atoms with Crippen molar-refractivity contribution in [2.24, 2.45) is 0 Å². The van der Waals surface area contributed by atoms with Gasteiger partial charge in [-0.15, -0.1) is 0 Å². The van der Waals surface area contributed by atoms with Gasteiger partial charge in [0.25, 0.3) is 0 Å². The molecule has 0 aliphatic carbocycles. The third kappa shape index (κ3) is 62.2. The maximum atomic E-state index is 13.0. The van der Waals surface area contributed by atoms with Gasteiger partial charge in [0, 0.05) is 6.42 Å². The number of rotatable bonds is 63. The van der Waals surface area contributed by atoms with Gasteiger partial charge in [-0.1, -0.05) is 314 Å². The average molecular weight is 1110 g/mol. The van der Waals surface area contributed by atoms with Crippen molar-refractivity contribution in [1.29, 1.82) is 0 Å². The van der Waals surface area contributed by atoms with Crippen LogP contribution in [0.4, 0.5) is 0 Å². The molecule has 0 saturated heterocycles. The standard InChI is InChI=1S/C68H133N2O6P/c1-6-8-10-12-14-16-18-20-22-24-26-28-30-32-33-34-35-36-37-38-40-42-44-46-48-50-52-54-56-58-60-62-68(72)69-66(65-76-77(73,74)75-64-63-70(3,4)5)67(71)61-59-57-55-53-51-49-47-45-43-41-39-31-29-27-25-23-21-19-17-15-13-11-9-7-2/h32-33,51,53,59,61,66-67,71H,6-31,34-50,52,54-58,60,62-65H2,1-5H3,(H-,69,72,73,74)/p+1/b33-32-,53-51+,61-59+. The van der Waals surface area contributed by atoms with Crippen LogP contribution in [0.2, 0.25) is 0 Å². The lowest BCUT2D eigenvalue weighted by Gasteiger charge is -2.25. The number of allylic oxidation sites excluding steroid dienone is 5. The Morgan fingerprint density at radius 2 is 0.714 bits per heavy atom. The summed E-state index contributed by atoms with van der Waals surface area (Å²) in [5, 5.41) is 14.0. The molecule has 9 heteroatoms. The molecule has 0 spiro atoms. The Hall–Kier alpha value is -1.28. The fourth-order valence-corrected chi connectivity index (χ4v) is 11.0. The Morgan fingerprint density at radius 1 is 0.429 bits per heavy atom. The van der Waals surface area contributed by atoms with Crippen molar-refractivity contribution in [3.05, 3.63) is 36.5 Å². The van der Waals surface area contributed by atoms with E-state index in [1.165, 1.54) is 283 Å². The Kier molecular flexibility index (Phi) is 58.4. The minimum Gasteiger partial charge on any atom is -0.387 e. The van der Waals surface area contributed by atoms with Crippen LogP contribution in [0.5, 0.6) is 0 Å². The van der Waals surface area contributed by atoms with E-state index >= 15 is 0 Å². The van der Waals surface area contributed by atoms with Crippen molar-refractivity contribution >= 4 is 13.7 Å². The molecule has 0 saturated carbocycles. The quantitative estimate of drug-likeness (QED) is 0.0243. The average Bonchev–Trinajstić information content (AvgIpc) is 3.39. The lowest BCUT2D eigenvalue weighted by atomic mass is 10.0. The maximum absolute atomic E-state index is 13.0. The highest BCUT2D eigenvalue weighted by atomic mass is 31.2. The van der Waals surface area contributed by atoms with Crippen molar-refractivity contribution in [2.45, 2.75) is 353 Å². The summed E-state index contributed by atoms with van der Waals surface area (Å²) in [5.41, 5.74) is 0. The van der Waals surface area contributed by atoms with Crippen LogP contribution < -0.4 is 5.32 Å². The van der Waals surface area contributed by atoms with Crippen molar-refractivity contribution < 1.29 is 32.9 Å². The monoisotopic (exact) mass is 1110 g/mol. The Balaban J connectivity index is 4.09. The molecular weight excluding hydrogens is 972 g/mol. The topological polar surface area (TPSA) is 105 Å². The summed E-state index contributed by atoms with van der Waals surface area (Å²) in [6.07, 6.45) is 78.6. The first-order chi connectivity index (χ1) is 37.5. The predicted molar refractivity (Wildman–Crippen MR) is 337 cm³/mol. The van der Waals surface area contributed by atoms with Gasteiger partial charge in [-0.25, -0.2) is 4.57 Å². The minimum absolute atomic E-state index is 0.0576. The molecule has 0 fully saturated rings. The van der Waals surface area contributed by atoms with Crippen LogP contribution in [0.15, 0.2) is 36.5 Å².